The van der Waals surface area contributed by atoms with Crippen LogP contribution in [0.4, 0.5) is 4.39 Å². The van der Waals surface area contributed by atoms with Gasteiger partial charge in [-0.1, -0.05) is 19.9 Å². The Labute approximate surface area is 150 Å². The fraction of sp³-hybridized carbons (Fsp3) is 0.333. The van der Waals surface area contributed by atoms with Gasteiger partial charge in [-0.25, -0.2) is 22.6 Å². The normalized spacial score (nSPS) is 22.2. The van der Waals surface area contributed by atoms with Crippen LogP contribution in [0, 0.1) is 11.2 Å². The molecule has 0 radical (unpaired) electrons. The number of nitrogens with zero attached hydrogens (tertiary/aromatic N) is 1. The first-order chi connectivity index (χ1) is 12.1. The zero-order valence-corrected chi connectivity index (χ0v) is 15.3. The maximum Gasteiger partial charge on any atom is 0.338 e. The van der Waals surface area contributed by atoms with Crippen LogP contribution in [-0.4, -0.2) is 37.5 Å². The van der Waals surface area contributed by atoms with E-state index in [-0.39, 0.29) is 18.2 Å². The molecule has 1 aromatic heterocycles. The molecule has 0 aromatic carbocycles. The van der Waals surface area contributed by atoms with Gasteiger partial charge in [-0.3, -0.25) is 0 Å². The van der Waals surface area contributed by atoms with Gasteiger partial charge in [0, 0.05) is 17.9 Å². The summed E-state index contributed by atoms with van der Waals surface area (Å²) in [6.07, 6.45) is 7.17. The number of halogens is 1. The number of pyridine rings is 1. The third kappa shape index (κ3) is 3.41. The number of cyclic esters (lactones) is 1. The molecule has 0 saturated carbocycles. The van der Waals surface area contributed by atoms with Crippen molar-refractivity contribution in [2.24, 2.45) is 5.41 Å². The minimum absolute atomic E-state index is 0.00759. The summed E-state index contributed by atoms with van der Waals surface area (Å²) in [5, 5.41) is -1.06. The standard InChI is InChI=1S/C18H18FNO5S/c1-18(2)10-11(12-6-8-24-17(12)21)9-14(15(18)26(3,22)23)25-16-13(19)5-4-7-20-16/h4-7,9-10,15H,8H2,1-3H3. The monoisotopic (exact) mass is 379 g/mol. The molecule has 2 heterocycles. The van der Waals surface area contributed by atoms with E-state index in [1.807, 2.05) is 0 Å². The highest BCUT2D eigenvalue weighted by molar-refractivity contribution is 7.91. The second-order valence-corrected chi connectivity index (χ2v) is 8.92. The fourth-order valence-corrected chi connectivity index (χ4v) is 4.98. The van der Waals surface area contributed by atoms with Crippen molar-refractivity contribution in [1.29, 1.82) is 0 Å². The van der Waals surface area contributed by atoms with Crippen LogP contribution in [0.25, 0.3) is 0 Å². The lowest BCUT2D eigenvalue weighted by Gasteiger charge is -2.35. The fourth-order valence-electron chi connectivity index (χ4n) is 3.27. The molecule has 0 amide bonds. The van der Waals surface area contributed by atoms with Gasteiger partial charge in [0.1, 0.15) is 17.6 Å². The van der Waals surface area contributed by atoms with Crippen LogP contribution < -0.4 is 4.74 Å². The summed E-state index contributed by atoms with van der Waals surface area (Å²) in [4.78, 5) is 15.7. The number of rotatable bonds is 4. The zero-order valence-electron chi connectivity index (χ0n) is 14.5. The molecule has 26 heavy (non-hydrogen) atoms. The van der Waals surface area contributed by atoms with Crippen molar-refractivity contribution in [3.63, 3.8) is 0 Å². The molecule has 0 bridgehead atoms. The lowest BCUT2D eigenvalue weighted by Crippen LogP contribution is -2.40. The second kappa shape index (κ2) is 6.35. The quantitative estimate of drug-likeness (QED) is 0.747. The SMILES string of the molecule is CC1(C)C=C(C2=CCOC2=O)C=C(Oc2ncccc2F)C1S(C)(=O)=O. The van der Waals surface area contributed by atoms with E-state index in [0.717, 1.165) is 6.26 Å². The van der Waals surface area contributed by atoms with Gasteiger partial charge in [-0.05, 0) is 29.9 Å². The largest absolute Gasteiger partial charge is 0.458 e. The van der Waals surface area contributed by atoms with Crippen LogP contribution >= 0.6 is 0 Å². The van der Waals surface area contributed by atoms with Crippen molar-refractivity contribution in [3.05, 3.63) is 59.3 Å². The van der Waals surface area contributed by atoms with E-state index in [2.05, 4.69) is 4.98 Å². The molecule has 8 heteroatoms. The average molecular weight is 379 g/mol. The minimum Gasteiger partial charge on any atom is -0.458 e. The molecule has 0 fully saturated rings. The average Bonchev–Trinajstić information content (AvgIpc) is 2.93. The topological polar surface area (TPSA) is 82.6 Å². The highest BCUT2D eigenvalue weighted by Gasteiger charge is 2.44. The van der Waals surface area contributed by atoms with E-state index in [0.29, 0.717) is 11.1 Å². The number of ether oxygens (including phenoxy) is 2. The number of sulfone groups is 1. The Morgan fingerprint density at radius 3 is 2.69 bits per heavy atom. The highest BCUT2D eigenvalue weighted by atomic mass is 32.2. The van der Waals surface area contributed by atoms with E-state index in [1.165, 1.54) is 24.4 Å². The van der Waals surface area contributed by atoms with Gasteiger partial charge in [0.05, 0.1) is 5.57 Å². The summed E-state index contributed by atoms with van der Waals surface area (Å²) in [5.74, 6) is -1.53. The lowest BCUT2D eigenvalue weighted by atomic mass is 9.80. The summed E-state index contributed by atoms with van der Waals surface area (Å²) < 4.78 is 49.3. The minimum atomic E-state index is -3.60. The van der Waals surface area contributed by atoms with Gasteiger partial charge in [0.25, 0.3) is 5.88 Å². The van der Waals surface area contributed by atoms with Crippen molar-refractivity contribution in [2.45, 2.75) is 19.1 Å². The Bertz CT molecular complexity index is 960. The summed E-state index contributed by atoms with van der Waals surface area (Å²) in [6.45, 7) is 3.58. The van der Waals surface area contributed by atoms with Crippen LogP contribution in [0.15, 0.2) is 53.5 Å². The van der Waals surface area contributed by atoms with Gasteiger partial charge in [0.2, 0.25) is 0 Å². The summed E-state index contributed by atoms with van der Waals surface area (Å²) in [5.41, 5.74) is -0.0986. The van der Waals surface area contributed by atoms with Crippen LogP contribution in [0.5, 0.6) is 5.88 Å². The van der Waals surface area contributed by atoms with E-state index in [4.69, 9.17) is 9.47 Å². The number of carbonyl (C=O) groups excluding carboxylic acids is 1. The van der Waals surface area contributed by atoms with Gasteiger partial charge in [-0.2, -0.15) is 0 Å². The molecule has 138 valence electrons. The van der Waals surface area contributed by atoms with E-state index in [9.17, 15) is 17.6 Å². The Balaban J connectivity index is 2.11. The molecule has 1 aromatic rings. The summed E-state index contributed by atoms with van der Waals surface area (Å²) in [6, 6.07) is 2.57. The molecule has 2 aliphatic rings. The maximum atomic E-state index is 14.0. The van der Waals surface area contributed by atoms with Crippen molar-refractivity contribution >= 4 is 15.8 Å². The van der Waals surface area contributed by atoms with E-state index in [1.54, 1.807) is 26.0 Å². The molecule has 0 N–H and O–H groups in total. The smallest absolute Gasteiger partial charge is 0.338 e. The molecule has 1 unspecified atom stereocenters. The first-order valence-electron chi connectivity index (χ1n) is 7.89. The Morgan fingerprint density at radius 2 is 2.12 bits per heavy atom. The highest BCUT2D eigenvalue weighted by Crippen LogP contribution is 2.41. The van der Waals surface area contributed by atoms with Crippen molar-refractivity contribution in [1.82, 2.24) is 4.98 Å². The van der Waals surface area contributed by atoms with E-state index >= 15 is 0 Å². The van der Waals surface area contributed by atoms with Crippen molar-refractivity contribution in [3.8, 4) is 5.88 Å². The van der Waals surface area contributed by atoms with Gasteiger partial charge < -0.3 is 9.47 Å². The molecular formula is C18H18FNO5S. The van der Waals surface area contributed by atoms with Crippen LogP contribution in [0.1, 0.15) is 13.8 Å². The van der Waals surface area contributed by atoms with Gasteiger partial charge >= 0.3 is 5.97 Å². The van der Waals surface area contributed by atoms with Crippen LogP contribution in [-0.2, 0) is 19.4 Å². The number of aromatic nitrogens is 1. The Morgan fingerprint density at radius 1 is 1.38 bits per heavy atom. The third-order valence-corrected chi connectivity index (χ3v) is 5.86. The lowest BCUT2D eigenvalue weighted by molar-refractivity contribution is -0.135. The van der Waals surface area contributed by atoms with Crippen LogP contribution in [0.2, 0.25) is 0 Å². The third-order valence-electron chi connectivity index (χ3n) is 4.16. The molecule has 1 aliphatic heterocycles. The van der Waals surface area contributed by atoms with Gasteiger partial charge in [-0.15, -0.1) is 0 Å². The molecule has 0 saturated heterocycles. The molecule has 1 atom stereocenters. The Kier molecular flexibility index (Phi) is 4.47. The maximum absolute atomic E-state index is 14.0. The molecule has 3 rings (SSSR count). The number of carbonyl (C=O) groups is 1. The first kappa shape index (κ1) is 18.3. The molecule has 6 nitrogen and oxygen atoms in total. The predicted octanol–water partition coefficient (Wildman–Crippen LogP) is 2.35. The zero-order chi connectivity index (χ0) is 19.1. The molecule has 1 aliphatic carbocycles. The second-order valence-electron chi connectivity index (χ2n) is 6.79. The number of hydrogen-bond donors (Lipinski definition) is 0. The first-order valence-corrected chi connectivity index (χ1v) is 9.84. The predicted molar refractivity (Wildman–Crippen MR) is 92.4 cm³/mol. The van der Waals surface area contributed by atoms with Crippen molar-refractivity contribution in [2.75, 3.05) is 12.9 Å². The van der Waals surface area contributed by atoms with Crippen LogP contribution in [0.3, 0.4) is 0 Å². The Hall–Kier alpha value is -2.48. The molecule has 0 spiro atoms. The number of hydrogen-bond acceptors (Lipinski definition) is 6. The van der Waals surface area contributed by atoms with E-state index < -0.39 is 32.3 Å². The van der Waals surface area contributed by atoms with Crippen molar-refractivity contribution < 1.29 is 27.1 Å². The summed E-state index contributed by atoms with van der Waals surface area (Å²) in [7, 11) is -3.60. The van der Waals surface area contributed by atoms with Gasteiger partial charge in [0.15, 0.2) is 15.7 Å². The number of allylic oxidation sites excluding steroid dienone is 2. The number of esters is 1. The summed E-state index contributed by atoms with van der Waals surface area (Å²) >= 11 is 0. The molecular weight excluding hydrogens is 361 g/mol.